The fourth-order valence-corrected chi connectivity index (χ4v) is 2.61. The van der Waals surface area contributed by atoms with E-state index in [1.54, 1.807) is 0 Å². The summed E-state index contributed by atoms with van der Waals surface area (Å²) in [6, 6.07) is 15.5. The minimum absolute atomic E-state index is 0.564. The van der Waals surface area contributed by atoms with E-state index in [9.17, 15) is 0 Å². The van der Waals surface area contributed by atoms with E-state index in [-0.39, 0.29) is 0 Å². The Labute approximate surface area is 117 Å². The fraction of sp³-hybridized carbons (Fsp3) is 0.368. The average Bonchev–Trinajstić information content (AvgIpc) is 2.42. The van der Waals surface area contributed by atoms with Gasteiger partial charge in [0.05, 0.1) is 0 Å². The molecule has 0 aliphatic carbocycles. The highest BCUT2D eigenvalue weighted by molar-refractivity contribution is 5.83. The van der Waals surface area contributed by atoms with Crippen LogP contribution in [-0.2, 0) is 0 Å². The number of hydrogen-bond donors (Lipinski definition) is 0. The Hall–Kier alpha value is -1.56. The van der Waals surface area contributed by atoms with Crippen molar-refractivity contribution in [3.63, 3.8) is 0 Å². The third kappa shape index (κ3) is 3.70. The molecule has 0 bridgehead atoms. The Morgan fingerprint density at radius 1 is 1.05 bits per heavy atom. The Bertz CT molecular complexity index is 559. The number of benzene rings is 2. The molecule has 19 heavy (non-hydrogen) atoms. The first kappa shape index (κ1) is 13.9. The zero-order chi connectivity index (χ0) is 13.7. The van der Waals surface area contributed by atoms with E-state index < -0.39 is 0 Å². The molecule has 0 saturated carbocycles. The van der Waals surface area contributed by atoms with Crippen LogP contribution < -0.4 is 0 Å². The minimum atomic E-state index is 0.564. The SMILES string of the molecule is CCCCC(C=C(C)C)c1ccc2ccccc2c1. The summed E-state index contributed by atoms with van der Waals surface area (Å²) in [4.78, 5) is 0. The first-order valence-corrected chi connectivity index (χ1v) is 7.34. The van der Waals surface area contributed by atoms with Crippen LogP contribution in [0.25, 0.3) is 10.8 Å². The van der Waals surface area contributed by atoms with E-state index in [0.717, 1.165) is 0 Å². The van der Waals surface area contributed by atoms with Gasteiger partial charge in [0.15, 0.2) is 0 Å². The van der Waals surface area contributed by atoms with E-state index in [2.05, 4.69) is 69.3 Å². The van der Waals surface area contributed by atoms with Gasteiger partial charge in [-0.1, -0.05) is 73.9 Å². The highest BCUT2D eigenvalue weighted by atomic mass is 14.1. The van der Waals surface area contributed by atoms with Crippen molar-refractivity contribution >= 4 is 10.8 Å². The molecule has 0 fully saturated rings. The topological polar surface area (TPSA) is 0 Å². The minimum Gasteiger partial charge on any atom is -0.0798 e. The molecule has 0 amide bonds. The zero-order valence-electron chi connectivity index (χ0n) is 12.3. The molecule has 0 heteroatoms. The summed E-state index contributed by atoms with van der Waals surface area (Å²) in [6.45, 7) is 6.65. The number of rotatable bonds is 5. The van der Waals surface area contributed by atoms with Gasteiger partial charge in [0.1, 0.15) is 0 Å². The lowest BCUT2D eigenvalue weighted by molar-refractivity contribution is 0.661. The lowest BCUT2D eigenvalue weighted by Gasteiger charge is -2.15. The van der Waals surface area contributed by atoms with E-state index in [1.165, 1.54) is 41.2 Å². The van der Waals surface area contributed by atoms with Gasteiger partial charge in [-0.15, -0.1) is 0 Å². The van der Waals surface area contributed by atoms with Crippen molar-refractivity contribution in [3.05, 3.63) is 59.7 Å². The lowest BCUT2D eigenvalue weighted by atomic mass is 9.90. The molecule has 2 rings (SSSR count). The van der Waals surface area contributed by atoms with Crippen molar-refractivity contribution < 1.29 is 0 Å². The molecule has 0 radical (unpaired) electrons. The van der Waals surface area contributed by atoms with Crippen LogP contribution in [-0.4, -0.2) is 0 Å². The Morgan fingerprint density at radius 3 is 2.47 bits per heavy atom. The van der Waals surface area contributed by atoms with Gasteiger partial charge in [-0.2, -0.15) is 0 Å². The van der Waals surface area contributed by atoms with Crippen LogP contribution in [0.4, 0.5) is 0 Å². The molecule has 1 unspecified atom stereocenters. The van der Waals surface area contributed by atoms with Crippen LogP contribution in [0.3, 0.4) is 0 Å². The Balaban J connectivity index is 2.34. The van der Waals surface area contributed by atoms with Crippen molar-refractivity contribution in [2.24, 2.45) is 0 Å². The third-order valence-corrected chi connectivity index (χ3v) is 3.60. The van der Waals surface area contributed by atoms with Crippen molar-refractivity contribution in [2.75, 3.05) is 0 Å². The molecule has 1 atom stereocenters. The predicted octanol–water partition coefficient (Wildman–Crippen LogP) is 6.08. The monoisotopic (exact) mass is 252 g/mol. The molecule has 0 nitrogen and oxygen atoms in total. The van der Waals surface area contributed by atoms with E-state index in [1.807, 2.05) is 0 Å². The van der Waals surface area contributed by atoms with Crippen molar-refractivity contribution in [1.82, 2.24) is 0 Å². The highest BCUT2D eigenvalue weighted by Crippen LogP contribution is 2.27. The van der Waals surface area contributed by atoms with Crippen molar-refractivity contribution in [1.29, 1.82) is 0 Å². The summed E-state index contributed by atoms with van der Waals surface area (Å²) < 4.78 is 0. The molecule has 2 aromatic carbocycles. The summed E-state index contributed by atoms with van der Waals surface area (Å²) in [6.07, 6.45) is 6.22. The summed E-state index contributed by atoms with van der Waals surface area (Å²) >= 11 is 0. The Kier molecular flexibility index (Phi) is 4.79. The van der Waals surface area contributed by atoms with Crippen LogP contribution in [0, 0.1) is 0 Å². The maximum absolute atomic E-state index is 2.42. The van der Waals surface area contributed by atoms with Gasteiger partial charge in [0, 0.05) is 5.92 Å². The fourth-order valence-electron chi connectivity index (χ4n) is 2.61. The molecule has 0 aliphatic rings. The second kappa shape index (κ2) is 6.56. The van der Waals surface area contributed by atoms with Crippen molar-refractivity contribution in [3.8, 4) is 0 Å². The maximum Gasteiger partial charge on any atom is 0.00206 e. The number of hydrogen-bond acceptors (Lipinski definition) is 0. The summed E-state index contributed by atoms with van der Waals surface area (Å²) in [5.74, 6) is 0.564. The first-order valence-electron chi connectivity index (χ1n) is 7.34. The summed E-state index contributed by atoms with van der Waals surface area (Å²) in [5.41, 5.74) is 2.86. The second-order valence-corrected chi connectivity index (χ2v) is 5.60. The van der Waals surface area contributed by atoms with Gasteiger partial charge in [0.25, 0.3) is 0 Å². The first-order chi connectivity index (χ1) is 9.20. The van der Waals surface area contributed by atoms with Crippen LogP contribution in [0.15, 0.2) is 54.1 Å². The van der Waals surface area contributed by atoms with Crippen LogP contribution in [0.1, 0.15) is 51.5 Å². The van der Waals surface area contributed by atoms with E-state index in [4.69, 9.17) is 0 Å². The summed E-state index contributed by atoms with van der Waals surface area (Å²) in [5, 5.41) is 2.68. The normalized spacial score (nSPS) is 12.4. The predicted molar refractivity (Wildman–Crippen MR) is 85.6 cm³/mol. The number of fused-ring (bicyclic) bond motifs is 1. The molecule has 0 spiro atoms. The van der Waals surface area contributed by atoms with Crippen LogP contribution >= 0.6 is 0 Å². The smallest absolute Gasteiger partial charge is 0.00206 e. The van der Waals surface area contributed by atoms with Crippen molar-refractivity contribution in [2.45, 2.75) is 46.0 Å². The number of unbranched alkanes of at least 4 members (excludes halogenated alkanes) is 1. The maximum atomic E-state index is 2.42. The van der Waals surface area contributed by atoms with Gasteiger partial charge in [-0.05, 0) is 36.6 Å². The largest absolute Gasteiger partial charge is 0.0798 e. The zero-order valence-corrected chi connectivity index (χ0v) is 12.3. The quantitative estimate of drug-likeness (QED) is 0.566. The molecule has 0 N–H and O–H groups in total. The van der Waals surface area contributed by atoms with Gasteiger partial charge in [-0.25, -0.2) is 0 Å². The standard InChI is InChI=1S/C19H24/c1-4-5-8-17(13-15(2)3)19-12-11-16-9-6-7-10-18(16)14-19/h6-7,9-14,17H,4-5,8H2,1-3H3. The molecule has 100 valence electrons. The van der Waals surface area contributed by atoms with Gasteiger partial charge >= 0.3 is 0 Å². The molecule has 2 aromatic rings. The summed E-state index contributed by atoms with van der Waals surface area (Å²) in [7, 11) is 0. The third-order valence-electron chi connectivity index (χ3n) is 3.60. The van der Waals surface area contributed by atoms with Crippen LogP contribution in [0.5, 0.6) is 0 Å². The van der Waals surface area contributed by atoms with Gasteiger partial charge in [0.2, 0.25) is 0 Å². The lowest BCUT2D eigenvalue weighted by Crippen LogP contribution is -1.96. The Morgan fingerprint density at radius 2 is 1.79 bits per heavy atom. The molecular weight excluding hydrogens is 228 g/mol. The molecule has 0 heterocycles. The van der Waals surface area contributed by atoms with E-state index in [0.29, 0.717) is 5.92 Å². The highest BCUT2D eigenvalue weighted by Gasteiger charge is 2.08. The van der Waals surface area contributed by atoms with Gasteiger partial charge < -0.3 is 0 Å². The second-order valence-electron chi connectivity index (χ2n) is 5.60. The molecular formula is C19H24. The van der Waals surface area contributed by atoms with Crippen LogP contribution in [0.2, 0.25) is 0 Å². The van der Waals surface area contributed by atoms with Gasteiger partial charge in [-0.3, -0.25) is 0 Å². The molecule has 0 aliphatic heterocycles. The van der Waals surface area contributed by atoms with E-state index >= 15 is 0 Å². The molecule has 0 aromatic heterocycles. The number of allylic oxidation sites excluding steroid dienone is 2. The average molecular weight is 252 g/mol. The molecule has 0 saturated heterocycles.